The Labute approximate surface area is 235 Å². The molecule has 40 heavy (non-hydrogen) atoms. The first kappa shape index (κ1) is 31.3. The molecule has 2 aromatic rings. The van der Waals surface area contributed by atoms with E-state index >= 15 is 0 Å². The van der Waals surface area contributed by atoms with Crippen molar-refractivity contribution in [1.82, 2.24) is 9.21 Å². The maximum atomic E-state index is 13.9. The normalized spacial score (nSPS) is 15.1. The van der Waals surface area contributed by atoms with Gasteiger partial charge < -0.3 is 28.6 Å². The molecule has 1 atom stereocenters. The Bertz CT molecular complexity index is 1200. The van der Waals surface area contributed by atoms with E-state index in [2.05, 4.69) is 0 Å². The lowest BCUT2D eigenvalue weighted by Crippen LogP contribution is -2.53. The number of hydrogen-bond donors (Lipinski definition) is 0. The predicted octanol–water partition coefficient (Wildman–Crippen LogP) is 3.04. The molecule has 3 rings (SSSR count). The van der Waals surface area contributed by atoms with Crippen LogP contribution >= 0.6 is 0 Å². The lowest BCUT2D eigenvalue weighted by molar-refractivity contribution is -0.147. The van der Waals surface area contributed by atoms with Gasteiger partial charge in [0, 0.05) is 33.9 Å². The Balaban J connectivity index is 1.83. The highest BCUT2D eigenvalue weighted by Gasteiger charge is 2.43. The number of ether oxygens (including phenoxy) is 5. The lowest BCUT2D eigenvalue weighted by atomic mass is 9.89. The summed E-state index contributed by atoms with van der Waals surface area (Å²) in [6.45, 7) is 1.11. The molecular weight excluding hydrogens is 540 g/mol. The number of hydrogen-bond acceptors (Lipinski definition) is 9. The van der Waals surface area contributed by atoms with E-state index in [1.165, 1.54) is 37.8 Å². The van der Waals surface area contributed by atoms with E-state index in [9.17, 15) is 18.0 Å². The molecule has 11 nitrogen and oxygen atoms in total. The van der Waals surface area contributed by atoms with Gasteiger partial charge in [-0.25, -0.2) is 13.2 Å². The summed E-state index contributed by atoms with van der Waals surface area (Å²) < 4.78 is 54.6. The minimum Gasteiger partial charge on any atom is -0.497 e. The Morgan fingerprint density at radius 3 is 1.98 bits per heavy atom. The minimum absolute atomic E-state index is 0.0435. The first-order valence-electron chi connectivity index (χ1n) is 13.0. The van der Waals surface area contributed by atoms with Crippen molar-refractivity contribution in [2.24, 2.45) is 5.92 Å². The molecule has 220 valence electrons. The van der Waals surface area contributed by atoms with Gasteiger partial charge in [0.15, 0.2) is 0 Å². The molecule has 0 spiro atoms. The molecule has 1 heterocycles. The molecule has 0 radical (unpaired) electrons. The molecule has 1 amide bonds. The van der Waals surface area contributed by atoms with Crippen LogP contribution in [-0.4, -0.2) is 104 Å². The smallest absolute Gasteiger partial charge is 0.409 e. The number of esters is 1. The minimum atomic E-state index is -4.12. The van der Waals surface area contributed by atoms with Crippen LogP contribution in [0.3, 0.4) is 0 Å². The van der Waals surface area contributed by atoms with E-state index in [1.54, 1.807) is 24.1 Å². The van der Waals surface area contributed by atoms with Gasteiger partial charge in [0.25, 0.3) is 0 Å². The maximum Gasteiger partial charge on any atom is 0.409 e. The van der Waals surface area contributed by atoms with Gasteiger partial charge in [0.2, 0.25) is 10.0 Å². The van der Waals surface area contributed by atoms with E-state index in [4.69, 9.17) is 23.7 Å². The number of nitrogens with zero attached hydrogens (tertiary/aromatic N) is 2. The van der Waals surface area contributed by atoms with Gasteiger partial charge in [-0.2, -0.15) is 4.31 Å². The van der Waals surface area contributed by atoms with Crippen molar-refractivity contribution in [2.45, 2.75) is 23.8 Å². The predicted molar refractivity (Wildman–Crippen MR) is 148 cm³/mol. The average molecular weight is 579 g/mol. The van der Waals surface area contributed by atoms with Crippen molar-refractivity contribution in [1.29, 1.82) is 0 Å². The zero-order chi connectivity index (χ0) is 29.1. The summed E-state index contributed by atoms with van der Waals surface area (Å²) in [5, 5.41) is 0. The van der Waals surface area contributed by atoms with Crippen LogP contribution in [0.2, 0.25) is 0 Å². The number of rotatable bonds is 13. The zero-order valence-corrected chi connectivity index (χ0v) is 24.2. The molecule has 0 aromatic heterocycles. The highest BCUT2D eigenvalue weighted by Crippen LogP contribution is 2.31. The molecule has 0 saturated carbocycles. The van der Waals surface area contributed by atoms with Crippen LogP contribution in [0, 0.1) is 5.92 Å². The third-order valence-electron chi connectivity index (χ3n) is 6.91. The molecule has 1 saturated heterocycles. The SMILES string of the molecule is COCCOC(=O)N1CCC(C(C(=O)OC)N(CCOC)S(=O)(=O)c2ccc(-c3ccc(OC)cc3)cc2)CC1. The first-order chi connectivity index (χ1) is 19.3. The largest absolute Gasteiger partial charge is 0.497 e. The van der Waals surface area contributed by atoms with Gasteiger partial charge in [0.05, 0.1) is 32.3 Å². The van der Waals surface area contributed by atoms with Crippen LogP contribution < -0.4 is 4.74 Å². The van der Waals surface area contributed by atoms with Crippen molar-refractivity contribution in [3.05, 3.63) is 48.5 Å². The van der Waals surface area contributed by atoms with Crippen molar-refractivity contribution in [3.63, 3.8) is 0 Å². The topological polar surface area (TPSA) is 121 Å². The second-order valence-electron chi connectivity index (χ2n) is 9.26. The Morgan fingerprint density at radius 1 is 0.875 bits per heavy atom. The third kappa shape index (κ3) is 7.72. The fourth-order valence-electron chi connectivity index (χ4n) is 4.70. The fraction of sp³-hybridized carbons (Fsp3) is 0.500. The Hall–Kier alpha value is -3.19. The van der Waals surface area contributed by atoms with Crippen LogP contribution in [0.1, 0.15) is 12.8 Å². The molecule has 2 aromatic carbocycles. The summed E-state index contributed by atoms with van der Waals surface area (Å²) in [7, 11) is 1.70. The standard InChI is InChI=1S/C28H38N2O9S/c1-35-18-17-30(26(27(31)38-4)23-13-15-29(16-14-23)28(32)39-20-19-36-2)40(33,34)25-11-7-22(8-12-25)21-5-9-24(37-3)10-6-21/h5-12,23,26H,13-20H2,1-4H3. The third-order valence-corrected chi connectivity index (χ3v) is 8.81. The maximum absolute atomic E-state index is 13.9. The van der Waals surface area contributed by atoms with E-state index in [0.29, 0.717) is 32.5 Å². The summed E-state index contributed by atoms with van der Waals surface area (Å²) in [6.07, 6.45) is 0.328. The first-order valence-corrected chi connectivity index (χ1v) is 14.4. The summed E-state index contributed by atoms with van der Waals surface area (Å²) in [5.41, 5.74) is 1.74. The van der Waals surface area contributed by atoms with Crippen LogP contribution in [0.5, 0.6) is 5.75 Å². The summed E-state index contributed by atoms with van der Waals surface area (Å²) in [5.74, 6) is -0.310. The van der Waals surface area contributed by atoms with Gasteiger partial charge >= 0.3 is 12.1 Å². The monoisotopic (exact) mass is 578 g/mol. The highest BCUT2D eigenvalue weighted by molar-refractivity contribution is 7.89. The van der Waals surface area contributed by atoms with Crippen molar-refractivity contribution in [2.75, 3.05) is 67.9 Å². The number of carbonyl (C=O) groups is 2. The Kier molecular flexibility index (Phi) is 11.7. The highest BCUT2D eigenvalue weighted by atomic mass is 32.2. The number of carbonyl (C=O) groups excluding carboxylic acids is 2. The molecular formula is C28H38N2O9S. The van der Waals surface area contributed by atoms with Gasteiger partial charge in [0.1, 0.15) is 18.4 Å². The number of benzene rings is 2. The molecule has 1 unspecified atom stereocenters. The quantitative estimate of drug-likeness (QED) is 0.261. The Morgan fingerprint density at radius 2 is 1.45 bits per heavy atom. The summed E-state index contributed by atoms with van der Waals surface area (Å²) in [4.78, 5) is 27.0. The number of likely N-dealkylation sites (tertiary alicyclic amines) is 1. The van der Waals surface area contributed by atoms with Gasteiger partial charge in [-0.1, -0.05) is 24.3 Å². The molecule has 0 N–H and O–H groups in total. The lowest BCUT2D eigenvalue weighted by Gasteiger charge is -2.38. The molecule has 1 fully saturated rings. The molecule has 12 heteroatoms. The van der Waals surface area contributed by atoms with E-state index in [1.807, 2.05) is 24.3 Å². The van der Waals surface area contributed by atoms with Crippen LogP contribution in [0.25, 0.3) is 11.1 Å². The summed E-state index contributed by atoms with van der Waals surface area (Å²) >= 11 is 0. The fourth-order valence-corrected chi connectivity index (χ4v) is 6.32. The molecule has 1 aliphatic rings. The van der Waals surface area contributed by atoms with Crippen LogP contribution in [0.15, 0.2) is 53.4 Å². The van der Waals surface area contributed by atoms with Gasteiger partial charge in [-0.15, -0.1) is 0 Å². The van der Waals surface area contributed by atoms with Gasteiger partial charge in [-0.05, 0) is 54.2 Å². The van der Waals surface area contributed by atoms with Crippen LogP contribution in [0.4, 0.5) is 4.79 Å². The van der Waals surface area contributed by atoms with E-state index in [0.717, 1.165) is 16.9 Å². The number of sulfonamides is 1. The number of methoxy groups -OCH3 is 4. The molecule has 0 bridgehead atoms. The van der Waals surface area contributed by atoms with Crippen LogP contribution in [-0.2, 0) is 33.8 Å². The van der Waals surface area contributed by atoms with Gasteiger partial charge in [-0.3, -0.25) is 4.79 Å². The summed E-state index contributed by atoms with van der Waals surface area (Å²) in [6, 6.07) is 12.9. The number of piperidine rings is 1. The van der Waals surface area contributed by atoms with Crippen molar-refractivity contribution >= 4 is 22.1 Å². The average Bonchev–Trinajstić information content (AvgIpc) is 2.99. The van der Waals surface area contributed by atoms with E-state index < -0.39 is 28.1 Å². The second kappa shape index (κ2) is 15.0. The molecule has 1 aliphatic heterocycles. The van der Waals surface area contributed by atoms with Crippen molar-refractivity contribution in [3.8, 4) is 16.9 Å². The zero-order valence-electron chi connectivity index (χ0n) is 23.4. The van der Waals surface area contributed by atoms with Crippen molar-refractivity contribution < 1.29 is 41.7 Å². The molecule has 0 aliphatic carbocycles. The number of amides is 1. The second-order valence-corrected chi connectivity index (χ2v) is 11.2. The van der Waals surface area contributed by atoms with E-state index in [-0.39, 0.29) is 30.6 Å².